The average Bonchev–Trinajstić information content (AvgIpc) is 3.37. The topological polar surface area (TPSA) is 44.0 Å². The van der Waals surface area contributed by atoms with Gasteiger partial charge in [0.1, 0.15) is 5.76 Å². The predicted molar refractivity (Wildman–Crippen MR) is 103 cm³/mol. The average molecular weight is 347 g/mol. The summed E-state index contributed by atoms with van der Waals surface area (Å²) in [7, 11) is 0. The first-order valence-electron chi connectivity index (χ1n) is 10.1. The molecule has 2 aliphatic rings. The molecule has 2 saturated heterocycles. The van der Waals surface area contributed by atoms with E-state index >= 15 is 0 Å². The standard InChI is InChI=1S/C20H34N4O/c1-2-3-10-21-20(22-11-8-19-7-6-15-25-19)24-14-9-18(17-24)16-23-12-4-5-13-23/h6-7,15,18H,2-5,8-14,16-17H2,1H3,(H,21,22). The van der Waals surface area contributed by atoms with Crippen molar-refractivity contribution in [3.05, 3.63) is 24.2 Å². The fourth-order valence-electron chi connectivity index (χ4n) is 3.87. The Balaban J connectivity index is 1.48. The summed E-state index contributed by atoms with van der Waals surface area (Å²) < 4.78 is 5.43. The van der Waals surface area contributed by atoms with E-state index in [9.17, 15) is 0 Å². The predicted octanol–water partition coefficient (Wildman–Crippen LogP) is 2.99. The molecule has 2 aliphatic heterocycles. The molecule has 2 fully saturated rings. The monoisotopic (exact) mass is 346 g/mol. The quantitative estimate of drug-likeness (QED) is 0.446. The van der Waals surface area contributed by atoms with Gasteiger partial charge in [0.05, 0.1) is 6.26 Å². The van der Waals surface area contributed by atoms with Crippen molar-refractivity contribution in [2.24, 2.45) is 10.9 Å². The second kappa shape index (κ2) is 9.85. The highest BCUT2D eigenvalue weighted by molar-refractivity contribution is 5.80. The van der Waals surface area contributed by atoms with Crippen LogP contribution in [0.4, 0.5) is 0 Å². The third kappa shape index (κ3) is 5.77. The van der Waals surface area contributed by atoms with E-state index < -0.39 is 0 Å². The van der Waals surface area contributed by atoms with Crippen molar-refractivity contribution in [2.45, 2.75) is 45.4 Å². The Morgan fingerprint density at radius 1 is 1.32 bits per heavy atom. The molecule has 3 rings (SSSR count). The first-order valence-corrected chi connectivity index (χ1v) is 10.1. The number of aliphatic imine (C=N–C) groups is 1. The van der Waals surface area contributed by atoms with E-state index in [4.69, 9.17) is 9.41 Å². The number of furan rings is 1. The van der Waals surface area contributed by atoms with Gasteiger partial charge in [-0.05, 0) is 56.8 Å². The highest BCUT2D eigenvalue weighted by Gasteiger charge is 2.27. The zero-order chi connectivity index (χ0) is 17.3. The summed E-state index contributed by atoms with van der Waals surface area (Å²) in [5.41, 5.74) is 0. The van der Waals surface area contributed by atoms with Gasteiger partial charge in [-0.25, -0.2) is 0 Å². The van der Waals surface area contributed by atoms with E-state index in [1.165, 1.54) is 45.3 Å². The number of unbranched alkanes of at least 4 members (excludes halogenated alkanes) is 1. The van der Waals surface area contributed by atoms with Crippen molar-refractivity contribution in [3.8, 4) is 0 Å². The molecule has 5 heteroatoms. The van der Waals surface area contributed by atoms with Gasteiger partial charge >= 0.3 is 0 Å². The van der Waals surface area contributed by atoms with E-state index in [1.807, 2.05) is 12.1 Å². The molecule has 0 saturated carbocycles. The first-order chi connectivity index (χ1) is 12.3. The Labute approximate surface area is 152 Å². The Bertz CT molecular complexity index is 508. The molecule has 1 N–H and O–H groups in total. The van der Waals surface area contributed by atoms with Gasteiger partial charge in [-0.2, -0.15) is 0 Å². The zero-order valence-electron chi connectivity index (χ0n) is 15.8. The van der Waals surface area contributed by atoms with Crippen LogP contribution in [0.2, 0.25) is 0 Å². The minimum atomic E-state index is 0.793. The zero-order valence-corrected chi connectivity index (χ0v) is 15.8. The molecule has 5 nitrogen and oxygen atoms in total. The summed E-state index contributed by atoms with van der Waals surface area (Å²) >= 11 is 0. The van der Waals surface area contributed by atoms with Gasteiger partial charge in [-0.3, -0.25) is 4.99 Å². The van der Waals surface area contributed by atoms with Crippen LogP contribution in [0.5, 0.6) is 0 Å². The second-order valence-electron chi connectivity index (χ2n) is 7.42. The van der Waals surface area contributed by atoms with Gasteiger partial charge in [0, 0.05) is 39.1 Å². The largest absolute Gasteiger partial charge is 0.469 e. The minimum absolute atomic E-state index is 0.793. The number of nitrogens with one attached hydrogen (secondary N) is 1. The molecule has 140 valence electrons. The molecule has 1 unspecified atom stereocenters. The molecular formula is C20H34N4O. The summed E-state index contributed by atoms with van der Waals surface area (Å²) in [6.45, 7) is 10.2. The SMILES string of the molecule is CCCCN=C(NCCc1ccco1)N1CCC(CN2CCCC2)C1. The molecule has 0 aliphatic carbocycles. The van der Waals surface area contributed by atoms with Crippen molar-refractivity contribution in [3.63, 3.8) is 0 Å². The van der Waals surface area contributed by atoms with Crippen molar-refractivity contribution < 1.29 is 4.42 Å². The summed E-state index contributed by atoms with van der Waals surface area (Å²) in [5, 5.41) is 3.58. The van der Waals surface area contributed by atoms with E-state index in [2.05, 4.69) is 22.0 Å². The number of hydrogen-bond donors (Lipinski definition) is 1. The van der Waals surface area contributed by atoms with Crippen LogP contribution in [0.1, 0.15) is 44.8 Å². The lowest BCUT2D eigenvalue weighted by atomic mass is 10.1. The van der Waals surface area contributed by atoms with Crippen LogP contribution >= 0.6 is 0 Å². The van der Waals surface area contributed by atoms with Crippen LogP contribution in [-0.2, 0) is 6.42 Å². The molecule has 1 aromatic rings. The van der Waals surface area contributed by atoms with Crippen LogP contribution in [0.15, 0.2) is 27.8 Å². The summed E-state index contributed by atoms with van der Waals surface area (Å²) in [4.78, 5) is 9.98. The maximum absolute atomic E-state index is 5.43. The van der Waals surface area contributed by atoms with Crippen molar-refractivity contribution >= 4 is 5.96 Å². The lowest BCUT2D eigenvalue weighted by molar-refractivity contribution is 0.281. The number of guanidine groups is 1. The summed E-state index contributed by atoms with van der Waals surface area (Å²) in [6.07, 6.45) is 9.07. The van der Waals surface area contributed by atoms with Gasteiger partial charge in [0.25, 0.3) is 0 Å². The molecule has 3 heterocycles. The number of likely N-dealkylation sites (tertiary alicyclic amines) is 2. The Kier molecular flexibility index (Phi) is 7.22. The van der Waals surface area contributed by atoms with Gasteiger partial charge in [-0.15, -0.1) is 0 Å². The number of hydrogen-bond acceptors (Lipinski definition) is 3. The summed E-state index contributed by atoms with van der Waals surface area (Å²) in [5.74, 6) is 2.93. The van der Waals surface area contributed by atoms with E-state index in [0.29, 0.717) is 0 Å². The molecule has 0 spiro atoms. The highest BCUT2D eigenvalue weighted by Crippen LogP contribution is 2.20. The van der Waals surface area contributed by atoms with E-state index in [0.717, 1.165) is 56.7 Å². The summed E-state index contributed by atoms with van der Waals surface area (Å²) in [6, 6.07) is 3.99. The van der Waals surface area contributed by atoms with E-state index in [-0.39, 0.29) is 0 Å². The highest BCUT2D eigenvalue weighted by atomic mass is 16.3. The van der Waals surface area contributed by atoms with Crippen molar-refractivity contribution in [1.29, 1.82) is 0 Å². The molecule has 1 atom stereocenters. The maximum atomic E-state index is 5.43. The first kappa shape index (κ1) is 18.3. The normalized spacial score (nSPS) is 22.0. The van der Waals surface area contributed by atoms with E-state index in [1.54, 1.807) is 6.26 Å². The van der Waals surface area contributed by atoms with Crippen LogP contribution < -0.4 is 5.32 Å². The fraction of sp³-hybridized carbons (Fsp3) is 0.750. The second-order valence-corrected chi connectivity index (χ2v) is 7.42. The molecule has 0 amide bonds. The van der Waals surface area contributed by atoms with Gasteiger partial charge < -0.3 is 19.5 Å². The fourth-order valence-corrected chi connectivity index (χ4v) is 3.87. The lowest BCUT2D eigenvalue weighted by Gasteiger charge is -2.23. The smallest absolute Gasteiger partial charge is 0.193 e. The maximum Gasteiger partial charge on any atom is 0.193 e. The Hall–Kier alpha value is -1.49. The van der Waals surface area contributed by atoms with Gasteiger partial charge in [0.2, 0.25) is 0 Å². The van der Waals surface area contributed by atoms with Crippen LogP contribution in [0.3, 0.4) is 0 Å². The third-order valence-corrected chi connectivity index (χ3v) is 5.31. The third-order valence-electron chi connectivity index (χ3n) is 5.31. The number of nitrogens with zero attached hydrogens (tertiary/aromatic N) is 3. The Morgan fingerprint density at radius 3 is 2.96 bits per heavy atom. The minimum Gasteiger partial charge on any atom is -0.469 e. The van der Waals surface area contributed by atoms with Crippen LogP contribution in [0.25, 0.3) is 0 Å². The lowest BCUT2D eigenvalue weighted by Crippen LogP contribution is -2.41. The van der Waals surface area contributed by atoms with Crippen molar-refractivity contribution in [1.82, 2.24) is 15.1 Å². The van der Waals surface area contributed by atoms with Crippen LogP contribution in [-0.4, -0.2) is 61.6 Å². The molecular weight excluding hydrogens is 312 g/mol. The molecule has 0 bridgehead atoms. The van der Waals surface area contributed by atoms with Gasteiger partial charge in [0.15, 0.2) is 5.96 Å². The molecule has 1 aromatic heterocycles. The van der Waals surface area contributed by atoms with Crippen molar-refractivity contribution in [2.75, 3.05) is 45.8 Å². The molecule has 25 heavy (non-hydrogen) atoms. The molecule has 0 aromatic carbocycles. The molecule has 0 radical (unpaired) electrons. The number of rotatable bonds is 8. The Morgan fingerprint density at radius 2 is 2.20 bits per heavy atom. The van der Waals surface area contributed by atoms with Gasteiger partial charge in [-0.1, -0.05) is 13.3 Å². The van der Waals surface area contributed by atoms with Crippen LogP contribution in [0, 0.1) is 5.92 Å².